The van der Waals surface area contributed by atoms with E-state index >= 15 is 0 Å². The smallest absolute Gasteiger partial charge is 0.214 e. The van der Waals surface area contributed by atoms with Gasteiger partial charge in [0, 0.05) is 16.4 Å². The standard InChI is InChI=1S/C34H50N2O4S/c1-22(37)17-27-32(7)18-23(21-35)28(38)30(4,5)26(32)11-12-33(27,8)31(6)14-16-34(36-41(39,40)25-9-10-25)15-13-29(2,3)19-24(34)20-31/h17-18,24-26,36H,9-16,19-20H2,1-8H3/b27-17-/t24?,26-,31+,32-,33+,34-/m0/s1. The Labute approximate surface area is 247 Å². The van der Waals surface area contributed by atoms with Crippen molar-refractivity contribution in [1.82, 2.24) is 4.72 Å². The average molecular weight is 583 g/mol. The molecule has 41 heavy (non-hydrogen) atoms. The first-order chi connectivity index (χ1) is 18.8. The molecule has 0 radical (unpaired) electrons. The average Bonchev–Trinajstić information content (AvgIpc) is 3.71. The van der Waals surface area contributed by atoms with E-state index in [1.165, 1.54) is 0 Å². The fraction of sp³-hybridized carbons (Fsp3) is 0.794. The van der Waals surface area contributed by atoms with Gasteiger partial charge in [0.25, 0.3) is 0 Å². The number of allylic oxidation sites excluding steroid dienone is 4. The molecule has 4 fully saturated rings. The number of sulfonamides is 1. The lowest BCUT2D eigenvalue weighted by atomic mass is 9.39. The number of nitriles is 1. The minimum atomic E-state index is -3.34. The van der Waals surface area contributed by atoms with Crippen LogP contribution in [0, 0.1) is 50.2 Å². The van der Waals surface area contributed by atoms with E-state index in [4.69, 9.17) is 0 Å². The van der Waals surface area contributed by atoms with E-state index in [9.17, 15) is 23.3 Å². The molecule has 0 aliphatic heterocycles. The third kappa shape index (κ3) is 4.71. The molecule has 0 spiro atoms. The first kappa shape index (κ1) is 30.7. The second-order valence-electron chi connectivity index (χ2n) is 16.4. The lowest BCUT2D eigenvalue weighted by Crippen LogP contribution is -2.64. The Balaban J connectivity index is 1.59. The van der Waals surface area contributed by atoms with Crippen molar-refractivity contribution in [3.8, 4) is 6.07 Å². The fourth-order valence-electron chi connectivity index (χ4n) is 9.94. The van der Waals surface area contributed by atoms with Crippen LogP contribution in [0.2, 0.25) is 0 Å². The molecule has 1 N–H and O–H groups in total. The van der Waals surface area contributed by atoms with Crippen LogP contribution in [0.5, 0.6) is 0 Å². The molecular weight excluding hydrogens is 532 g/mol. The highest BCUT2D eigenvalue weighted by Gasteiger charge is 2.64. The van der Waals surface area contributed by atoms with Crippen molar-refractivity contribution in [2.75, 3.05) is 0 Å². The number of rotatable bonds is 5. The highest BCUT2D eigenvalue weighted by Crippen LogP contribution is 2.70. The number of nitrogens with zero attached hydrogens (tertiary/aromatic N) is 1. The molecule has 0 amide bonds. The maximum absolute atomic E-state index is 13.3. The number of hydrogen-bond donors (Lipinski definition) is 1. The summed E-state index contributed by atoms with van der Waals surface area (Å²) < 4.78 is 29.9. The van der Waals surface area contributed by atoms with Gasteiger partial charge in [-0.15, -0.1) is 0 Å². The normalized spacial score (nSPS) is 43.0. The second-order valence-corrected chi connectivity index (χ2v) is 18.4. The molecule has 0 aromatic rings. The maximum Gasteiger partial charge on any atom is 0.214 e. The van der Waals surface area contributed by atoms with Crippen LogP contribution in [0.4, 0.5) is 0 Å². The molecule has 6 atom stereocenters. The van der Waals surface area contributed by atoms with Crippen molar-refractivity contribution >= 4 is 21.6 Å². The van der Waals surface area contributed by atoms with Gasteiger partial charge in [-0.3, -0.25) is 9.59 Å². The van der Waals surface area contributed by atoms with Crippen LogP contribution in [0.25, 0.3) is 0 Å². The largest absolute Gasteiger partial charge is 0.295 e. The number of nitrogens with one attached hydrogen (secondary N) is 1. The number of fused-ring (bicyclic) bond motifs is 2. The topological polar surface area (TPSA) is 104 Å². The summed E-state index contributed by atoms with van der Waals surface area (Å²) in [5, 5.41) is 9.72. The molecule has 1 unspecified atom stereocenters. The zero-order valence-corrected chi connectivity index (χ0v) is 27.3. The van der Waals surface area contributed by atoms with Gasteiger partial charge in [0.15, 0.2) is 11.6 Å². The Morgan fingerprint density at radius 1 is 0.976 bits per heavy atom. The lowest BCUT2D eigenvalue weighted by molar-refractivity contribution is -0.133. The summed E-state index contributed by atoms with van der Waals surface area (Å²) in [6.07, 6.45) is 12.3. The van der Waals surface area contributed by atoms with Crippen molar-refractivity contribution in [3.05, 3.63) is 23.3 Å². The first-order valence-electron chi connectivity index (χ1n) is 15.7. The quantitative estimate of drug-likeness (QED) is 0.358. The first-order valence-corrected chi connectivity index (χ1v) is 17.2. The molecule has 5 rings (SSSR count). The van der Waals surface area contributed by atoms with Crippen molar-refractivity contribution < 1.29 is 18.0 Å². The van der Waals surface area contributed by atoms with Crippen molar-refractivity contribution in [3.63, 3.8) is 0 Å². The van der Waals surface area contributed by atoms with Crippen molar-refractivity contribution in [2.45, 2.75) is 130 Å². The molecule has 0 aromatic heterocycles. The maximum atomic E-state index is 13.3. The molecule has 0 heterocycles. The van der Waals surface area contributed by atoms with Crippen LogP contribution in [-0.4, -0.2) is 30.8 Å². The molecule has 0 saturated heterocycles. The number of ketones is 2. The van der Waals surface area contributed by atoms with Gasteiger partial charge in [-0.1, -0.05) is 60.1 Å². The van der Waals surface area contributed by atoms with Gasteiger partial charge in [-0.25, -0.2) is 13.1 Å². The van der Waals surface area contributed by atoms with Gasteiger partial charge in [0.2, 0.25) is 10.0 Å². The SMILES string of the molecule is CC(=O)/C=C1/[C@@]2(C)C=C(C#N)C(=O)C(C)(C)[C@@H]2CC[C@@]1(C)[C@]1(C)CC[C@@]2(NS(=O)(=O)C3CC3)CCC(C)(C)CC2C1. The van der Waals surface area contributed by atoms with Crippen LogP contribution in [0.3, 0.4) is 0 Å². The van der Waals surface area contributed by atoms with Gasteiger partial charge < -0.3 is 0 Å². The lowest BCUT2D eigenvalue weighted by Gasteiger charge is -2.65. The third-order valence-corrected chi connectivity index (χ3v) is 14.8. The molecule has 0 aromatic carbocycles. The summed E-state index contributed by atoms with van der Waals surface area (Å²) >= 11 is 0. The summed E-state index contributed by atoms with van der Waals surface area (Å²) in [6, 6.07) is 2.18. The summed E-state index contributed by atoms with van der Waals surface area (Å²) in [6.45, 7) is 16.9. The Morgan fingerprint density at radius 3 is 2.20 bits per heavy atom. The predicted molar refractivity (Wildman–Crippen MR) is 161 cm³/mol. The highest BCUT2D eigenvalue weighted by atomic mass is 32.2. The molecular formula is C34H50N2O4S. The van der Waals surface area contributed by atoms with Crippen LogP contribution in [0.15, 0.2) is 23.3 Å². The number of carbonyl (C=O) groups is 2. The molecule has 4 saturated carbocycles. The summed E-state index contributed by atoms with van der Waals surface area (Å²) in [4.78, 5) is 26.2. The van der Waals surface area contributed by atoms with Gasteiger partial charge in [0.05, 0.1) is 10.8 Å². The van der Waals surface area contributed by atoms with Crippen molar-refractivity contribution in [1.29, 1.82) is 5.26 Å². The van der Waals surface area contributed by atoms with E-state index in [1.54, 1.807) is 6.92 Å². The molecule has 5 aliphatic carbocycles. The van der Waals surface area contributed by atoms with Gasteiger partial charge in [-0.2, -0.15) is 5.26 Å². The summed E-state index contributed by atoms with van der Waals surface area (Å²) in [5.41, 5.74) is -0.860. The molecule has 6 nitrogen and oxygen atoms in total. The minimum Gasteiger partial charge on any atom is -0.295 e. The van der Waals surface area contributed by atoms with Gasteiger partial charge in [-0.05, 0) is 105 Å². The highest BCUT2D eigenvalue weighted by molar-refractivity contribution is 7.90. The Kier molecular flexibility index (Phi) is 7.00. The third-order valence-electron chi connectivity index (χ3n) is 12.7. The second kappa shape index (κ2) is 9.36. The summed E-state index contributed by atoms with van der Waals surface area (Å²) in [5.74, 6) is 0.0753. The number of hydrogen-bond acceptors (Lipinski definition) is 5. The van der Waals surface area contributed by atoms with E-state index in [0.717, 1.165) is 69.8 Å². The summed E-state index contributed by atoms with van der Waals surface area (Å²) in [7, 11) is -3.34. The number of Topliss-reactive ketones (excluding diaryl/α,β-unsaturated/α-hetero) is 1. The molecule has 0 bridgehead atoms. The van der Waals surface area contributed by atoms with E-state index in [2.05, 4.69) is 45.4 Å². The Hall–Kier alpha value is -1.78. The van der Waals surface area contributed by atoms with Gasteiger partial charge in [0.1, 0.15) is 6.07 Å². The van der Waals surface area contributed by atoms with Crippen LogP contribution in [-0.2, 0) is 19.6 Å². The van der Waals surface area contributed by atoms with Crippen LogP contribution < -0.4 is 4.72 Å². The molecule has 226 valence electrons. The fourth-order valence-corrected chi connectivity index (χ4v) is 11.8. The van der Waals surface area contributed by atoms with Crippen LogP contribution >= 0.6 is 0 Å². The zero-order valence-electron chi connectivity index (χ0n) is 26.4. The van der Waals surface area contributed by atoms with E-state index in [-0.39, 0.29) is 50.5 Å². The predicted octanol–water partition coefficient (Wildman–Crippen LogP) is 6.82. The van der Waals surface area contributed by atoms with E-state index < -0.39 is 26.4 Å². The Morgan fingerprint density at radius 2 is 1.61 bits per heavy atom. The minimum absolute atomic E-state index is 0.0106. The number of carbonyl (C=O) groups excluding carboxylic acids is 2. The van der Waals surface area contributed by atoms with Crippen LogP contribution in [0.1, 0.15) is 120 Å². The monoisotopic (exact) mass is 582 g/mol. The zero-order chi connectivity index (χ0) is 30.4. The van der Waals surface area contributed by atoms with E-state index in [1.807, 2.05) is 26.0 Å². The Bertz CT molecular complexity index is 1380. The molecule has 7 heteroatoms. The van der Waals surface area contributed by atoms with E-state index in [0.29, 0.717) is 0 Å². The molecule has 5 aliphatic rings. The van der Waals surface area contributed by atoms with Gasteiger partial charge >= 0.3 is 0 Å². The van der Waals surface area contributed by atoms with Crippen molar-refractivity contribution in [2.24, 2.45) is 38.9 Å².